The molecular weight excluding hydrogens is 340 g/mol. The molecule has 1 heterocycles. The minimum Gasteiger partial charge on any atom is -0.497 e. The molecule has 144 valence electrons. The first-order valence-electron chi connectivity index (χ1n) is 9.46. The molecule has 2 aromatic carbocycles. The van der Waals surface area contributed by atoms with Gasteiger partial charge < -0.3 is 19.7 Å². The minimum atomic E-state index is 0.151. The van der Waals surface area contributed by atoms with Crippen molar-refractivity contribution in [3.05, 3.63) is 59.7 Å². The van der Waals surface area contributed by atoms with Gasteiger partial charge in [-0.05, 0) is 49.7 Å². The van der Waals surface area contributed by atoms with E-state index in [1.807, 2.05) is 53.4 Å². The van der Waals surface area contributed by atoms with Gasteiger partial charge in [-0.3, -0.25) is 4.79 Å². The predicted molar refractivity (Wildman–Crippen MR) is 106 cm³/mol. The first-order valence-corrected chi connectivity index (χ1v) is 9.46. The van der Waals surface area contributed by atoms with Crippen molar-refractivity contribution in [2.75, 3.05) is 27.3 Å². The van der Waals surface area contributed by atoms with Crippen molar-refractivity contribution in [3.8, 4) is 11.5 Å². The standard InChI is InChI=1S/C22H28N2O3/c1-26-20-9-7-17(8-10-20)15-22(25)24(19-11-13-23-14-12-19)16-18-5-3-4-6-21(18)27-2/h3-10,19,23H,11-16H2,1-2H3. The van der Waals surface area contributed by atoms with Gasteiger partial charge in [0.1, 0.15) is 11.5 Å². The first-order chi connectivity index (χ1) is 13.2. The third-order valence-electron chi connectivity index (χ3n) is 5.12. The number of nitrogens with zero attached hydrogens (tertiary/aromatic N) is 1. The molecule has 0 atom stereocenters. The van der Waals surface area contributed by atoms with Crippen molar-refractivity contribution in [3.63, 3.8) is 0 Å². The van der Waals surface area contributed by atoms with Crippen LogP contribution in [0.3, 0.4) is 0 Å². The number of benzene rings is 2. The molecule has 1 saturated heterocycles. The number of amides is 1. The number of ether oxygens (including phenoxy) is 2. The van der Waals surface area contributed by atoms with Gasteiger partial charge in [0, 0.05) is 18.2 Å². The topological polar surface area (TPSA) is 50.8 Å². The molecule has 0 unspecified atom stereocenters. The number of hydrogen-bond acceptors (Lipinski definition) is 4. The van der Waals surface area contributed by atoms with E-state index in [1.165, 1.54) is 0 Å². The van der Waals surface area contributed by atoms with E-state index in [9.17, 15) is 4.79 Å². The predicted octanol–water partition coefficient (Wildman–Crippen LogP) is 3.03. The molecule has 0 aromatic heterocycles. The fourth-order valence-corrected chi connectivity index (χ4v) is 3.58. The van der Waals surface area contributed by atoms with Crippen LogP contribution in [0.1, 0.15) is 24.0 Å². The van der Waals surface area contributed by atoms with E-state index in [-0.39, 0.29) is 11.9 Å². The Labute approximate surface area is 161 Å². The number of carbonyl (C=O) groups is 1. The molecule has 1 aliphatic rings. The highest BCUT2D eigenvalue weighted by Gasteiger charge is 2.26. The summed E-state index contributed by atoms with van der Waals surface area (Å²) in [4.78, 5) is 15.2. The van der Waals surface area contributed by atoms with E-state index in [0.29, 0.717) is 13.0 Å². The molecule has 5 nitrogen and oxygen atoms in total. The molecule has 5 heteroatoms. The summed E-state index contributed by atoms with van der Waals surface area (Å²) < 4.78 is 10.7. The van der Waals surface area contributed by atoms with E-state index in [2.05, 4.69) is 5.32 Å². The SMILES string of the molecule is COc1ccc(CC(=O)N(Cc2ccccc2OC)C2CCNCC2)cc1. The zero-order valence-corrected chi connectivity index (χ0v) is 16.1. The number of methoxy groups -OCH3 is 2. The molecule has 2 aromatic rings. The smallest absolute Gasteiger partial charge is 0.227 e. The second kappa shape index (κ2) is 9.42. The Bertz CT molecular complexity index is 739. The van der Waals surface area contributed by atoms with Crippen LogP contribution in [0.15, 0.2) is 48.5 Å². The van der Waals surface area contributed by atoms with Crippen molar-refractivity contribution in [2.45, 2.75) is 31.8 Å². The number of nitrogens with one attached hydrogen (secondary N) is 1. The summed E-state index contributed by atoms with van der Waals surface area (Å²) in [6.45, 7) is 2.47. The summed E-state index contributed by atoms with van der Waals surface area (Å²) in [6, 6.07) is 15.9. The summed E-state index contributed by atoms with van der Waals surface area (Å²) in [5.74, 6) is 1.78. The van der Waals surface area contributed by atoms with Gasteiger partial charge >= 0.3 is 0 Å². The van der Waals surface area contributed by atoms with Crippen LogP contribution in [-0.4, -0.2) is 44.2 Å². The van der Waals surface area contributed by atoms with Crippen molar-refractivity contribution in [1.29, 1.82) is 0 Å². The molecule has 1 amide bonds. The number of hydrogen-bond donors (Lipinski definition) is 1. The number of para-hydroxylation sites is 1. The van der Waals surface area contributed by atoms with Crippen molar-refractivity contribution >= 4 is 5.91 Å². The maximum Gasteiger partial charge on any atom is 0.227 e. The van der Waals surface area contributed by atoms with E-state index in [1.54, 1.807) is 14.2 Å². The number of piperidine rings is 1. The van der Waals surface area contributed by atoms with E-state index >= 15 is 0 Å². The molecular formula is C22H28N2O3. The van der Waals surface area contributed by atoms with Crippen molar-refractivity contribution < 1.29 is 14.3 Å². The monoisotopic (exact) mass is 368 g/mol. The minimum absolute atomic E-state index is 0.151. The fourth-order valence-electron chi connectivity index (χ4n) is 3.58. The summed E-state index contributed by atoms with van der Waals surface area (Å²) >= 11 is 0. The van der Waals surface area contributed by atoms with Gasteiger partial charge in [-0.25, -0.2) is 0 Å². The van der Waals surface area contributed by atoms with Crippen LogP contribution in [0.2, 0.25) is 0 Å². The molecule has 0 saturated carbocycles. The Morgan fingerprint density at radius 1 is 1.04 bits per heavy atom. The highest BCUT2D eigenvalue weighted by Crippen LogP contribution is 2.24. The molecule has 0 radical (unpaired) electrons. The molecule has 27 heavy (non-hydrogen) atoms. The van der Waals surface area contributed by atoms with Crippen LogP contribution in [-0.2, 0) is 17.8 Å². The highest BCUT2D eigenvalue weighted by atomic mass is 16.5. The molecule has 3 rings (SSSR count). The fraction of sp³-hybridized carbons (Fsp3) is 0.409. The van der Waals surface area contributed by atoms with Gasteiger partial charge in [0.2, 0.25) is 5.91 Å². The van der Waals surface area contributed by atoms with E-state index < -0.39 is 0 Å². The van der Waals surface area contributed by atoms with Crippen molar-refractivity contribution in [2.24, 2.45) is 0 Å². The first kappa shape index (κ1) is 19.2. The summed E-state index contributed by atoms with van der Waals surface area (Å²) in [6.07, 6.45) is 2.34. The zero-order chi connectivity index (χ0) is 19.1. The van der Waals surface area contributed by atoms with Crippen LogP contribution in [0.25, 0.3) is 0 Å². The van der Waals surface area contributed by atoms with Crippen LogP contribution in [0.4, 0.5) is 0 Å². The van der Waals surface area contributed by atoms with Gasteiger partial charge in [-0.1, -0.05) is 30.3 Å². The lowest BCUT2D eigenvalue weighted by molar-refractivity contribution is -0.134. The average molecular weight is 368 g/mol. The quantitative estimate of drug-likeness (QED) is 0.816. The lowest BCUT2D eigenvalue weighted by Gasteiger charge is -2.35. The van der Waals surface area contributed by atoms with Crippen LogP contribution in [0, 0.1) is 0 Å². The molecule has 1 fully saturated rings. The Morgan fingerprint density at radius 2 is 1.74 bits per heavy atom. The van der Waals surface area contributed by atoms with Gasteiger partial charge in [0.05, 0.1) is 20.6 Å². The molecule has 0 spiro atoms. The Balaban J connectivity index is 1.78. The van der Waals surface area contributed by atoms with Crippen molar-refractivity contribution in [1.82, 2.24) is 10.2 Å². The molecule has 1 aliphatic heterocycles. The third kappa shape index (κ3) is 5.01. The molecule has 1 N–H and O–H groups in total. The summed E-state index contributed by atoms with van der Waals surface area (Å²) in [5.41, 5.74) is 2.04. The maximum absolute atomic E-state index is 13.2. The normalized spacial score (nSPS) is 14.6. The average Bonchev–Trinajstić information content (AvgIpc) is 2.73. The molecule has 0 bridgehead atoms. The van der Waals surface area contributed by atoms with Gasteiger partial charge in [-0.15, -0.1) is 0 Å². The van der Waals surface area contributed by atoms with E-state index in [0.717, 1.165) is 48.6 Å². The van der Waals surface area contributed by atoms with Crippen LogP contribution >= 0.6 is 0 Å². The van der Waals surface area contributed by atoms with Crippen LogP contribution in [0.5, 0.6) is 11.5 Å². The third-order valence-corrected chi connectivity index (χ3v) is 5.12. The lowest BCUT2D eigenvalue weighted by Crippen LogP contribution is -2.46. The van der Waals surface area contributed by atoms with E-state index in [4.69, 9.17) is 9.47 Å². The van der Waals surface area contributed by atoms with Gasteiger partial charge in [0.25, 0.3) is 0 Å². The van der Waals surface area contributed by atoms with Gasteiger partial charge in [-0.2, -0.15) is 0 Å². The Kier molecular flexibility index (Phi) is 6.71. The summed E-state index contributed by atoms with van der Waals surface area (Å²) in [5, 5.41) is 3.38. The summed E-state index contributed by atoms with van der Waals surface area (Å²) in [7, 11) is 3.32. The largest absolute Gasteiger partial charge is 0.497 e. The number of rotatable bonds is 7. The second-order valence-electron chi connectivity index (χ2n) is 6.84. The molecule has 0 aliphatic carbocycles. The second-order valence-corrected chi connectivity index (χ2v) is 6.84. The Hall–Kier alpha value is -2.53. The van der Waals surface area contributed by atoms with Crippen LogP contribution < -0.4 is 14.8 Å². The maximum atomic E-state index is 13.2. The number of carbonyl (C=O) groups excluding carboxylic acids is 1. The zero-order valence-electron chi connectivity index (χ0n) is 16.1. The van der Waals surface area contributed by atoms with Gasteiger partial charge in [0.15, 0.2) is 0 Å². The highest BCUT2D eigenvalue weighted by molar-refractivity contribution is 5.79. The lowest BCUT2D eigenvalue weighted by atomic mass is 10.0. The Morgan fingerprint density at radius 3 is 2.41 bits per heavy atom.